The van der Waals surface area contributed by atoms with Crippen molar-refractivity contribution >= 4 is 34.8 Å². The van der Waals surface area contributed by atoms with E-state index in [0.717, 1.165) is 11.1 Å². The summed E-state index contributed by atoms with van der Waals surface area (Å²) in [6.07, 6.45) is 0.965. The molecule has 0 heterocycles. The lowest BCUT2D eigenvalue weighted by atomic mass is 9.68. The first-order chi connectivity index (χ1) is 11.3. The molecule has 0 aromatic heterocycles. The molecule has 0 bridgehead atoms. The van der Waals surface area contributed by atoms with Gasteiger partial charge in [0.05, 0.1) is 0 Å². The molecular formula is C20H18Cl2O2. The maximum Gasteiger partial charge on any atom is 0.153 e. The van der Waals surface area contributed by atoms with Crippen molar-refractivity contribution in [3.63, 3.8) is 0 Å². The van der Waals surface area contributed by atoms with E-state index < -0.39 is 11.3 Å². The van der Waals surface area contributed by atoms with Crippen LogP contribution in [0.15, 0.2) is 42.5 Å². The lowest BCUT2D eigenvalue weighted by molar-refractivity contribution is -0.139. The molecule has 2 nitrogen and oxygen atoms in total. The number of carbonyl (C=O) groups excluding carboxylic acids is 2. The molecule has 0 amide bonds. The van der Waals surface area contributed by atoms with E-state index in [-0.39, 0.29) is 11.6 Å². The van der Waals surface area contributed by atoms with Gasteiger partial charge in [-0.15, -0.1) is 0 Å². The second-order valence-corrected chi connectivity index (χ2v) is 7.68. The van der Waals surface area contributed by atoms with E-state index in [1.54, 1.807) is 12.1 Å². The minimum absolute atomic E-state index is 0.0789. The van der Waals surface area contributed by atoms with Crippen molar-refractivity contribution < 1.29 is 9.59 Å². The fourth-order valence-corrected chi connectivity index (χ4v) is 3.73. The van der Waals surface area contributed by atoms with E-state index in [1.165, 1.54) is 0 Å². The molecule has 1 aliphatic carbocycles. The molecule has 0 radical (unpaired) electrons. The Kier molecular flexibility index (Phi) is 4.54. The number of benzene rings is 2. The Morgan fingerprint density at radius 3 is 2.33 bits per heavy atom. The van der Waals surface area contributed by atoms with E-state index in [9.17, 15) is 9.59 Å². The number of carbonyl (C=O) groups is 2. The van der Waals surface area contributed by atoms with E-state index in [1.807, 2.05) is 44.2 Å². The van der Waals surface area contributed by atoms with Crippen LogP contribution in [0.1, 0.15) is 38.2 Å². The minimum atomic E-state index is -0.816. The third kappa shape index (κ3) is 3.01. The SMILES string of the molecule is CC1(C)CCC(=O)C(c2cc(Cl)c(-c3ccccc3)cc2Cl)C1=O. The van der Waals surface area contributed by atoms with Crippen LogP contribution in [-0.2, 0) is 9.59 Å². The van der Waals surface area contributed by atoms with Crippen LogP contribution in [0.25, 0.3) is 11.1 Å². The molecule has 0 N–H and O–H groups in total. The van der Waals surface area contributed by atoms with Gasteiger partial charge in [-0.1, -0.05) is 67.4 Å². The van der Waals surface area contributed by atoms with E-state index >= 15 is 0 Å². The second-order valence-electron chi connectivity index (χ2n) is 6.87. The van der Waals surface area contributed by atoms with Gasteiger partial charge in [0.1, 0.15) is 11.7 Å². The van der Waals surface area contributed by atoms with Gasteiger partial charge in [-0.2, -0.15) is 0 Å². The molecule has 1 fully saturated rings. The zero-order chi connectivity index (χ0) is 17.5. The molecule has 0 saturated heterocycles. The van der Waals surface area contributed by atoms with Gasteiger partial charge in [0.25, 0.3) is 0 Å². The predicted molar refractivity (Wildman–Crippen MR) is 97.7 cm³/mol. The standard InChI is InChI=1S/C20H18Cl2O2/c1-20(2)9-8-17(23)18(19(20)24)14-11-15(21)13(10-16(14)22)12-6-4-3-5-7-12/h3-7,10-11,18H,8-9H2,1-2H3. The van der Waals surface area contributed by atoms with Gasteiger partial charge in [0.2, 0.25) is 0 Å². The topological polar surface area (TPSA) is 34.1 Å². The minimum Gasteiger partial charge on any atom is -0.299 e. The number of hydrogen-bond donors (Lipinski definition) is 0. The average Bonchev–Trinajstić information content (AvgIpc) is 2.55. The maximum atomic E-state index is 12.8. The first-order valence-electron chi connectivity index (χ1n) is 7.92. The summed E-state index contributed by atoms with van der Waals surface area (Å²) in [6.45, 7) is 3.76. The molecule has 3 rings (SSSR count). The first kappa shape index (κ1) is 17.2. The van der Waals surface area contributed by atoms with Crippen molar-refractivity contribution in [2.45, 2.75) is 32.6 Å². The van der Waals surface area contributed by atoms with Crippen LogP contribution < -0.4 is 0 Å². The lowest BCUT2D eigenvalue weighted by Gasteiger charge is -2.33. The summed E-state index contributed by atoms with van der Waals surface area (Å²) in [5.74, 6) is -0.975. The highest BCUT2D eigenvalue weighted by molar-refractivity contribution is 6.36. The zero-order valence-corrected chi connectivity index (χ0v) is 15.1. The molecule has 24 heavy (non-hydrogen) atoms. The van der Waals surface area contributed by atoms with Gasteiger partial charge in [0.15, 0.2) is 5.78 Å². The van der Waals surface area contributed by atoms with Crippen LogP contribution in [0.5, 0.6) is 0 Å². The molecule has 1 saturated carbocycles. The molecule has 1 atom stereocenters. The summed E-state index contributed by atoms with van der Waals surface area (Å²) in [5.41, 5.74) is 1.73. The summed E-state index contributed by atoms with van der Waals surface area (Å²) in [5, 5.41) is 0.896. The van der Waals surface area contributed by atoms with Crippen molar-refractivity contribution in [1.82, 2.24) is 0 Å². The fraction of sp³-hybridized carbons (Fsp3) is 0.300. The van der Waals surface area contributed by atoms with Crippen LogP contribution >= 0.6 is 23.2 Å². The van der Waals surface area contributed by atoms with Crippen LogP contribution in [0, 0.1) is 5.41 Å². The highest BCUT2D eigenvalue weighted by Gasteiger charge is 2.43. The molecule has 0 aliphatic heterocycles. The highest BCUT2D eigenvalue weighted by Crippen LogP contribution is 2.43. The van der Waals surface area contributed by atoms with Crippen molar-refractivity contribution in [3.8, 4) is 11.1 Å². The van der Waals surface area contributed by atoms with Gasteiger partial charge in [0, 0.05) is 27.4 Å². The van der Waals surface area contributed by atoms with Crippen LogP contribution in [0.3, 0.4) is 0 Å². The van der Waals surface area contributed by atoms with Crippen LogP contribution in [0.2, 0.25) is 10.0 Å². The number of rotatable bonds is 2. The Morgan fingerprint density at radius 2 is 1.67 bits per heavy atom. The molecule has 0 spiro atoms. The lowest BCUT2D eigenvalue weighted by Crippen LogP contribution is -2.39. The second kappa shape index (κ2) is 6.34. The number of halogens is 2. The molecule has 2 aromatic rings. The number of hydrogen-bond acceptors (Lipinski definition) is 2. The molecule has 4 heteroatoms. The van der Waals surface area contributed by atoms with E-state index in [4.69, 9.17) is 23.2 Å². The smallest absolute Gasteiger partial charge is 0.153 e. The fourth-order valence-electron chi connectivity index (χ4n) is 3.18. The van der Waals surface area contributed by atoms with Gasteiger partial charge in [-0.25, -0.2) is 0 Å². The summed E-state index contributed by atoms with van der Waals surface area (Å²) >= 11 is 12.9. The van der Waals surface area contributed by atoms with E-state index in [0.29, 0.717) is 28.5 Å². The Bertz CT molecular complexity index is 810. The maximum absolute atomic E-state index is 12.8. The Morgan fingerprint density at radius 1 is 1.00 bits per heavy atom. The van der Waals surface area contributed by atoms with E-state index in [2.05, 4.69) is 0 Å². The molecule has 1 unspecified atom stereocenters. The predicted octanol–water partition coefficient (Wildman–Crippen LogP) is 5.70. The first-order valence-corrected chi connectivity index (χ1v) is 8.68. The third-order valence-corrected chi connectivity index (χ3v) is 5.37. The average molecular weight is 361 g/mol. The molecule has 2 aromatic carbocycles. The van der Waals surface area contributed by atoms with Crippen molar-refractivity contribution in [2.75, 3.05) is 0 Å². The van der Waals surface area contributed by atoms with Gasteiger partial charge < -0.3 is 0 Å². The molecule has 124 valence electrons. The van der Waals surface area contributed by atoms with Gasteiger partial charge >= 0.3 is 0 Å². The largest absolute Gasteiger partial charge is 0.299 e. The zero-order valence-electron chi connectivity index (χ0n) is 13.6. The molecule has 1 aliphatic rings. The summed E-state index contributed by atoms with van der Waals surface area (Å²) in [6, 6.07) is 13.1. The summed E-state index contributed by atoms with van der Waals surface area (Å²) in [4.78, 5) is 25.1. The van der Waals surface area contributed by atoms with Crippen LogP contribution in [0.4, 0.5) is 0 Å². The van der Waals surface area contributed by atoms with Gasteiger partial charge in [-0.05, 0) is 29.7 Å². The summed E-state index contributed by atoms with van der Waals surface area (Å²) < 4.78 is 0. The third-order valence-electron chi connectivity index (χ3n) is 4.73. The summed E-state index contributed by atoms with van der Waals surface area (Å²) in [7, 11) is 0. The number of ketones is 2. The van der Waals surface area contributed by atoms with Crippen molar-refractivity contribution in [2.24, 2.45) is 5.41 Å². The monoisotopic (exact) mass is 360 g/mol. The van der Waals surface area contributed by atoms with Crippen molar-refractivity contribution in [1.29, 1.82) is 0 Å². The Balaban J connectivity index is 2.08. The Hall–Kier alpha value is -1.64. The quantitative estimate of drug-likeness (QED) is 0.643. The normalized spacial score (nSPS) is 20.2. The van der Waals surface area contributed by atoms with Gasteiger partial charge in [-0.3, -0.25) is 9.59 Å². The highest BCUT2D eigenvalue weighted by atomic mass is 35.5. The van der Waals surface area contributed by atoms with Crippen LogP contribution in [-0.4, -0.2) is 11.6 Å². The number of Topliss-reactive ketones (excluding diaryl/α,β-unsaturated/α-hetero) is 2. The molecular weight excluding hydrogens is 343 g/mol. The Labute approximate surface area is 151 Å². The van der Waals surface area contributed by atoms with Crippen molar-refractivity contribution in [3.05, 3.63) is 58.1 Å².